The van der Waals surface area contributed by atoms with E-state index >= 15 is 0 Å². The van der Waals surface area contributed by atoms with Crippen molar-refractivity contribution >= 4 is 22.8 Å². The minimum atomic E-state index is -0.381. The molecule has 1 aromatic heterocycles. The summed E-state index contributed by atoms with van der Waals surface area (Å²) in [7, 11) is 3.62. The maximum absolute atomic E-state index is 12.2. The number of amides is 1. The Morgan fingerprint density at radius 3 is 2.50 bits per heavy atom. The van der Waals surface area contributed by atoms with E-state index < -0.39 is 0 Å². The fourth-order valence-corrected chi connectivity index (χ4v) is 2.99. The molecule has 5 nitrogen and oxygen atoms in total. The van der Waals surface area contributed by atoms with Crippen molar-refractivity contribution in [3.8, 4) is 0 Å². The molecular weight excluding hydrogens is 328 g/mol. The first kappa shape index (κ1) is 17.7. The molecule has 1 heterocycles. The quantitative estimate of drug-likeness (QED) is 0.650. The van der Waals surface area contributed by atoms with Gasteiger partial charge in [0.25, 0.3) is 0 Å². The molecule has 0 N–H and O–H groups in total. The number of aryl methyl sites for hydroxylation is 1. The van der Waals surface area contributed by atoms with Crippen molar-refractivity contribution < 1.29 is 14.3 Å². The Kier molecular flexibility index (Phi) is 5.07. The average Bonchev–Trinajstić information content (AvgIpc) is 2.97. The smallest absolute Gasteiger partial charge is 0.410 e. The van der Waals surface area contributed by atoms with Gasteiger partial charge >= 0.3 is 6.09 Å². The summed E-state index contributed by atoms with van der Waals surface area (Å²) >= 11 is 0. The summed E-state index contributed by atoms with van der Waals surface area (Å²) in [5.74, 6) is 0.0309. The number of ketones is 1. The predicted octanol–water partition coefficient (Wildman–Crippen LogP) is 4.15. The Hall–Kier alpha value is -3.08. The Balaban J connectivity index is 1.70. The zero-order valence-electron chi connectivity index (χ0n) is 15.2. The van der Waals surface area contributed by atoms with Crippen LogP contribution in [0.2, 0.25) is 0 Å². The van der Waals surface area contributed by atoms with E-state index in [1.807, 2.05) is 66.3 Å². The topological polar surface area (TPSA) is 51.5 Å². The molecule has 0 saturated carbocycles. The predicted molar refractivity (Wildman–Crippen MR) is 101 cm³/mol. The molecule has 2 aromatic carbocycles. The zero-order chi connectivity index (χ0) is 18.7. The SMILES string of the molecule is CC(=O)c1cn(C)c2ccc(CN(C)C(=O)OCc3ccccc3)cc12. The van der Waals surface area contributed by atoms with Crippen LogP contribution < -0.4 is 0 Å². The van der Waals surface area contributed by atoms with E-state index in [1.54, 1.807) is 14.0 Å². The van der Waals surface area contributed by atoms with Crippen LogP contribution in [0.4, 0.5) is 4.79 Å². The average molecular weight is 350 g/mol. The summed E-state index contributed by atoms with van der Waals surface area (Å²) in [4.78, 5) is 25.6. The number of nitrogens with zero attached hydrogens (tertiary/aromatic N) is 2. The number of carbonyl (C=O) groups excluding carboxylic acids is 2. The lowest BCUT2D eigenvalue weighted by Crippen LogP contribution is -2.26. The van der Waals surface area contributed by atoms with Gasteiger partial charge in [-0.3, -0.25) is 4.79 Å². The van der Waals surface area contributed by atoms with Gasteiger partial charge in [-0.25, -0.2) is 4.79 Å². The summed E-state index contributed by atoms with van der Waals surface area (Å²) in [5, 5.41) is 0.906. The van der Waals surface area contributed by atoms with E-state index in [0.717, 1.165) is 22.0 Å². The molecular formula is C21H22N2O3. The highest BCUT2D eigenvalue weighted by Gasteiger charge is 2.14. The van der Waals surface area contributed by atoms with Crippen LogP contribution in [0, 0.1) is 0 Å². The number of carbonyl (C=O) groups is 2. The van der Waals surface area contributed by atoms with E-state index in [9.17, 15) is 9.59 Å². The fraction of sp³-hybridized carbons (Fsp3) is 0.238. The summed E-state index contributed by atoms with van der Waals surface area (Å²) in [5.41, 5.74) is 3.59. The lowest BCUT2D eigenvalue weighted by atomic mass is 10.1. The summed E-state index contributed by atoms with van der Waals surface area (Å²) in [6, 6.07) is 15.5. The van der Waals surface area contributed by atoms with E-state index in [-0.39, 0.29) is 18.5 Å². The van der Waals surface area contributed by atoms with Gasteiger partial charge < -0.3 is 14.2 Å². The molecule has 26 heavy (non-hydrogen) atoms. The molecule has 3 rings (SSSR count). The highest BCUT2D eigenvalue weighted by Crippen LogP contribution is 2.23. The van der Waals surface area contributed by atoms with Crippen LogP contribution in [-0.4, -0.2) is 28.4 Å². The first-order chi connectivity index (χ1) is 12.5. The molecule has 0 radical (unpaired) electrons. The molecule has 3 aromatic rings. The van der Waals surface area contributed by atoms with Gasteiger partial charge in [-0.15, -0.1) is 0 Å². The van der Waals surface area contributed by atoms with Gasteiger partial charge in [-0.1, -0.05) is 36.4 Å². The van der Waals surface area contributed by atoms with Gasteiger partial charge in [0.1, 0.15) is 6.61 Å². The van der Waals surface area contributed by atoms with Crippen molar-refractivity contribution in [2.24, 2.45) is 7.05 Å². The zero-order valence-corrected chi connectivity index (χ0v) is 15.2. The largest absolute Gasteiger partial charge is 0.445 e. The third-order valence-electron chi connectivity index (χ3n) is 4.37. The standard InChI is InChI=1S/C21H22N2O3/c1-15(24)19-13-22(2)20-10-9-17(11-18(19)20)12-23(3)21(25)26-14-16-7-5-4-6-8-16/h4-11,13H,12,14H2,1-3H3. The second kappa shape index (κ2) is 7.44. The number of ether oxygens (including phenoxy) is 1. The Morgan fingerprint density at radius 2 is 1.81 bits per heavy atom. The van der Waals surface area contributed by atoms with Crippen molar-refractivity contribution in [3.63, 3.8) is 0 Å². The molecule has 0 spiro atoms. The van der Waals surface area contributed by atoms with Gasteiger partial charge in [0.2, 0.25) is 0 Å². The van der Waals surface area contributed by atoms with Crippen LogP contribution in [0.5, 0.6) is 0 Å². The Bertz CT molecular complexity index is 945. The summed E-state index contributed by atoms with van der Waals surface area (Å²) < 4.78 is 7.28. The van der Waals surface area contributed by atoms with Crippen LogP contribution in [0.25, 0.3) is 10.9 Å². The van der Waals surface area contributed by atoms with E-state index in [4.69, 9.17) is 4.74 Å². The molecule has 1 amide bonds. The second-order valence-electron chi connectivity index (χ2n) is 6.46. The molecule has 0 bridgehead atoms. The van der Waals surface area contributed by atoms with Gasteiger partial charge in [0, 0.05) is 43.3 Å². The first-order valence-electron chi connectivity index (χ1n) is 8.46. The number of Topliss-reactive ketones (excluding diaryl/α,β-unsaturated/α-hetero) is 1. The van der Waals surface area contributed by atoms with Crippen LogP contribution in [0.3, 0.4) is 0 Å². The van der Waals surface area contributed by atoms with Gasteiger partial charge in [0.15, 0.2) is 5.78 Å². The molecule has 5 heteroatoms. The number of aromatic nitrogens is 1. The molecule has 0 saturated heterocycles. The van der Waals surface area contributed by atoms with E-state index in [1.165, 1.54) is 4.90 Å². The van der Waals surface area contributed by atoms with Crippen LogP contribution in [0.1, 0.15) is 28.4 Å². The third kappa shape index (κ3) is 3.77. The third-order valence-corrected chi connectivity index (χ3v) is 4.37. The minimum absolute atomic E-state index is 0.0309. The molecule has 134 valence electrons. The van der Waals surface area contributed by atoms with Gasteiger partial charge in [-0.2, -0.15) is 0 Å². The summed E-state index contributed by atoms with van der Waals surface area (Å²) in [6.45, 7) is 2.22. The lowest BCUT2D eigenvalue weighted by Gasteiger charge is -2.17. The molecule has 0 fully saturated rings. The summed E-state index contributed by atoms with van der Waals surface area (Å²) in [6.07, 6.45) is 1.46. The molecule has 0 unspecified atom stereocenters. The molecule has 0 atom stereocenters. The Morgan fingerprint density at radius 1 is 1.08 bits per heavy atom. The number of fused-ring (bicyclic) bond motifs is 1. The first-order valence-corrected chi connectivity index (χ1v) is 8.46. The van der Waals surface area contributed by atoms with Crippen molar-refractivity contribution in [2.75, 3.05) is 7.05 Å². The van der Waals surface area contributed by atoms with Gasteiger partial charge in [-0.05, 0) is 30.2 Å². The van der Waals surface area contributed by atoms with Crippen LogP contribution in [-0.2, 0) is 24.9 Å². The van der Waals surface area contributed by atoms with Crippen molar-refractivity contribution in [3.05, 3.63) is 71.4 Å². The highest BCUT2D eigenvalue weighted by molar-refractivity contribution is 6.07. The molecule has 0 aliphatic carbocycles. The normalized spacial score (nSPS) is 10.7. The maximum atomic E-state index is 12.2. The van der Waals surface area contributed by atoms with Gasteiger partial charge in [0.05, 0.1) is 0 Å². The number of rotatable bonds is 5. The van der Waals surface area contributed by atoms with Crippen LogP contribution in [0.15, 0.2) is 54.7 Å². The van der Waals surface area contributed by atoms with Crippen molar-refractivity contribution in [1.82, 2.24) is 9.47 Å². The Labute approximate surface area is 152 Å². The fourth-order valence-electron chi connectivity index (χ4n) is 2.99. The van der Waals surface area contributed by atoms with Crippen molar-refractivity contribution in [1.29, 1.82) is 0 Å². The number of hydrogen-bond donors (Lipinski definition) is 0. The van der Waals surface area contributed by atoms with E-state index in [2.05, 4.69) is 0 Å². The molecule has 0 aliphatic rings. The van der Waals surface area contributed by atoms with Crippen molar-refractivity contribution in [2.45, 2.75) is 20.1 Å². The van der Waals surface area contributed by atoms with Crippen LogP contribution >= 0.6 is 0 Å². The van der Waals surface area contributed by atoms with E-state index in [0.29, 0.717) is 12.1 Å². The monoisotopic (exact) mass is 350 g/mol. The minimum Gasteiger partial charge on any atom is -0.445 e. The maximum Gasteiger partial charge on any atom is 0.410 e. The lowest BCUT2D eigenvalue weighted by molar-refractivity contribution is 0.101. The second-order valence-corrected chi connectivity index (χ2v) is 6.46. The molecule has 0 aliphatic heterocycles. The number of benzene rings is 2. The highest BCUT2D eigenvalue weighted by atomic mass is 16.6. The number of hydrogen-bond acceptors (Lipinski definition) is 3.